The van der Waals surface area contributed by atoms with Crippen LogP contribution in [0.5, 0.6) is 0 Å². The summed E-state index contributed by atoms with van der Waals surface area (Å²) in [7, 11) is 0. The number of nitrogen functional groups attached to an aromatic ring is 1. The second-order valence-corrected chi connectivity index (χ2v) is 6.98. The second-order valence-electron chi connectivity index (χ2n) is 6.98. The number of halogens is 2. The molecule has 1 aromatic carbocycles. The van der Waals surface area contributed by atoms with Gasteiger partial charge in [-0.3, -0.25) is 9.59 Å². The zero-order chi connectivity index (χ0) is 22.1. The molecule has 1 heterocycles. The Balaban J connectivity index is 2.09. The number of rotatable bonds is 10. The van der Waals surface area contributed by atoms with Crippen LogP contribution in [0.3, 0.4) is 0 Å². The van der Waals surface area contributed by atoms with Crippen molar-refractivity contribution in [1.29, 1.82) is 0 Å². The van der Waals surface area contributed by atoms with Gasteiger partial charge in [0.1, 0.15) is 18.0 Å². The van der Waals surface area contributed by atoms with Crippen molar-refractivity contribution in [2.45, 2.75) is 51.3 Å². The first-order valence-corrected chi connectivity index (χ1v) is 9.70. The van der Waals surface area contributed by atoms with E-state index >= 15 is 0 Å². The fourth-order valence-electron chi connectivity index (χ4n) is 2.76. The summed E-state index contributed by atoms with van der Waals surface area (Å²) in [5.74, 6) is -2.94. The molecule has 0 spiro atoms. The molecule has 0 saturated carbocycles. The van der Waals surface area contributed by atoms with E-state index in [2.05, 4.69) is 15.6 Å². The lowest BCUT2D eigenvalue weighted by atomic mass is 10.0. The molecule has 1 aromatic heterocycles. The van der Waals surface area contributed by atoms with Gasteiger partial charge < -0.3 is 21.5 Å². The Kier molecular flexibility index (Phi) is 8.67. The summed E-state index contributed by atoms with van der Waals surface area (Å²) in [6.07, 6.45) is 1.89. The number of unbranched alkanes of at least 4 members (excludes halogenated alkanes) is 1. The van der Waals surface area contributed by atoms with Crippen LogP contribution in [0, 0.1) is 11.6 Å². The number of benzene rings is 1. The zero-order valence-electron chi connectivity index (χ0n) is 16.7. The number of pyridine rings is 1. The Bertz CT molecular complexity index is 862. The fraction of sp³-hybridized carbons (Fsp3) is 0.381. The molecule has 0 bridgehead atoms. The predicted molar refractivity (Wildman–Crippen MR) is 108 cm³/mol. The number of aliphatic hydroxyl groups is 1. The molecule has 0 unspecified atom stereocenters. The molecule has 30 heavy (non-hydrogen) atoms. The van der Waals surface area contributed by atoms with Crippen LogP contribution in [0.1, 0.15) is 37.3 Å². The summed E-state index contributed by atoms with van der Waals surface area (Å²) < 4.78 is 26.7. The molecule has 2 amide bonds. The molecule has 9 heteroatoms. The lowest BCUT2D eigenvalue weighted by Crippen LogP contribution is -2.50. The summed E-state index contributed by atoms with van der Waals surface area (Å²) in [5.41, 5.74) is 6.55. The first-order valence-electron chi connectivity index (χ1n) is 9.70. The monoisotopic (exact) mass is 420 g/mol. The Morgan fingerprint density at radius 1 is 1.13 bits per heavy atom. The average molecular weight is 420 g/mol. The van der Waals surface area contributed by atoms with Gasteiger partial charge in [-0.2, -0.15) is 0 Å². The summed E-state index contributed by atoms with van der Waals surface area (Å²) in [6.45, 7) is 2.06. The standard InChI is InChI=1S/C21H26F2N4O3/c1-2-3-4-18(28)21(30)27-17(10-13-5-7-15(22)16(23)9-13)20(29)26-12-14-6-8-19(24)25-11-14/h5-9,11,17-18,28H,2-4,10,12H2,1H3,(H2,24,25)(H,26,29)(H,27,30)/t17-,18-/m0/s1. The van der Waals surface area contributed by atoms with E-state index in [1.807, 2.05) is 6.92 Å². The van der Waals surface area contributed by atoms with E-state index in [-0.39, 0.29) is 19.4 Å². The maximum absolute atomic E-state index is 13.5. The van der Waals surface area contributed by atoms with Crippen LogP contribution in [-0.2, 0) is 22.6 Å². The SMILES string of the molecule is CCCC[C@H](O)C(=O)N[C@@H](Cc1ccc(F)c(F)c1)C(=O)NCc1ccc(N)nc1. The van der Waals surface area contributed by atoms with Crippen molar-refractivity contribution in [2.75, 3.05) is 5.73 Å². The molecular weight excluding hydrogens is 394 g/mol. The molecule has 2 aromatic rings. The minimum absolute atomic E-state index is 0.0741. The van der Waals surface area contributed by atoms with Gasteiger partial charge in [0.2, 0.25) is 11.8 Å². The smallest absolute Gasteiger partial charge is 0.249 e. The first kappa shape index (κ1) is 23.2. The van der Waals surface area contributed by atoms with Gasteiger partial charge in [0.25, 0.3) is 0 Å². The van der Waals surface area contributed by atoms with E-state index in [0.29, 0.717) is 23.4 Å². The van der Waals surface area contributed by atoms with Gasteiger partial charge in [-0.15, -0.1) is 0 Å². The molecule has 0 saturated heterocycles. The number of hydrogen-bond donors (Lipinski definition) is 4. The lowest BCUT2D eigenvalue weighted by Gasteiger charge is -2.20. The summed E-state index contributed by atoms with van der Waals surface area (Å²) in [5, 5.41) is 15.2. The highest BCUT2D eigenvalue weighted by molar-refractivity contribution is 5.89. The van der Waals surface area contributed by atoms with E-state index in [1.54, 1.807) is 12.1 Å². The van der Waals surface area contributed by atoms with E-state index in [4.69, 9.17) is 5.73 Å². The first-order chi connectivity index (χ1) is 14.3. The predicted octanol–water partition coefficient (Wildman–Crippen LogP) is 1.84. The Morgan fingerprint density at radius 2 is 1.87 bits per heavy atom. The molecule has 2 atom stereocenters. The number of amides is 2. The largest absolute Gasteiger partial charge is 0.384 e. The van der Waals surface area contributed by atoms with Gasteiger partial charge in [0, 0.05) is 19.2 Å². The number of nitrogens with two attached hydrogens (primary N) is 1. The number of aliphatic hydroxyl groups excluding tert-OH is 1. The number of nitrogens with one attached hydrogen (secondary N) is 2. The van der Waals surface area contributed by atoms with Crippen molar-refractivity contribution in [1.82, 2.24) is 15.6 Å². The van der Waals surface area contributed by atoms with Crippen LogP contribution >= 0.6 is 0 Å². The summed E-state index contributed by atoms with van der Waals surface area (Å²) in [6, 6.07) is 5.46. The van der Waals surface area contributed by atoms with Gasteiger partial charge >= 0.3 is 0 Å². The minimum Gasteiger partial charge on any atom is -0.384 e. The van der Waals surface area contributed by atoms with Crippen LogP contribution < -0.4 is 16.4 Å². The molecule has 2 rings (SSSR count). The quantitative estimate of drug-likeness (QED) is 0.468. The number of anilines is 1. The third-order valence-electron chi connectivity index (χ3n) is 4.50. The maximum atomic E-state index is 13.5. The van der Waals surface area contributed by atoms with Crippen molar-refractivity contribution in [3.63, 3.8) is 0 Å². The molecule has 0 radical (unpaired) electrons. The Morgan fingerprint density at radius 3 is 2.50 bits per heavy atom. The van der Waals surface area contributed by atoms with Crippen LogP contribution in [0.25, 0.3) is 0 Å². The van der Waals surface area contributed by atoms with Crippen molar-refractivity contribution >= 4 is 17.6 Å². The van der Waals surface area contributed by atoms with E-state index in [0.717, 1.165) is 18.6 Å². The topological polar surface area (TPSA) is 117 Å². The third kappa shape index (κ3) is 7.07. The number of hydrogen-bond acceptors (Lipinski definition) is 5. The van der Waals surface area contributed by atoms with Gasteiger partial charge in [-0.05, 0) is 35.7 Å². The van der Waals surface area contributed by atoms with Crippen LogP contribution in [0.2, 0.25) is 0 Å². The molecule has 7 nitrogen and oxygen atoms in total. The second kappa shape index (κ2) is 11.2. The number of carbonyl (C=O) groups is 2. The highest BCUT2D eigenvalue weighted by atomic mass is 19.2. The summed E-state index contributed by atoms with van der Waals surface area (Å²) in [4.78, 5) is 28.9. The van der Waals surface area contributed by atoms with Crippen molar-refractivity contribution in [3.05, 3.63) is 59.3 Å². The Labute approximate surface area is 173 Å². The molecule has 0 aliphatic rings. The highest BCUT2D eigenvalue weighted by Gasteiger charge is 2.25. The van der Waals surface area contributed by atoms with Gasteiger partial charge in [0.05, 0.1) is 0 Å². The van der Waals surface area contributed by atoms with Gasteiger partial charge in [-0.25, -0.2) is 13.8 Å². The van der Waals surface area contributed by atoms with Crippen molar-refractivity contribution in [3.8, 4) is 0 Å². The number of carbonyl (C=O) groups excluding carboxylic acids is 2. The van der Waals surface area contributed by atoms with Gasteiger partial charge in [0.15, 0.2) is 11.6 Å². The number of nitrogens with zero attached hydrogens (tertiary/aromatic N) is 1. The summed E-state index contributed by atoms with van der Waals surface area (Å²) >= 11 is 0. The van der Waals surface area contributed by atoms with Crippen LogP contribution in [0.15, 0.2) is 36.5 Å². The van der Waals surface area contributed by atoms with Gasteiger partial charge in [-0.1, -0.05) is 31.9 Å². The van der Waals surface area contributed by atoms with Crippen molar-refractivity contribution in [2.24, 2.45) is 0 Å². The van der Waals surface area contributed by atoms with Crippen molar-refractivity contribution < 1.29 is 23.5 Å². The molecule has 162 valence electrons. The lowest BCUT2D eigenvalue weighted by molar-refractivity contribution is -0.134. The molecule has 0 aliphatic carbocycles. The molecular formula is C21H26F2N4O3. The molecule has 0 aliphatic heterocycles. The maximum Gasteiger partial charge on any atom is 0.249 e. The van der Waals surface area contributed by atoms with E-state index in [1.165, 1.54) is 12.3 Å². The molecule has 5 N–H and O–H groups in total. The van der Waals surface area contributed by atoms with E-state index in [9.17, 15) is 23.5 Å². The normalized spacial score (nSPS) is 12.8. The van der Waals surface area contributed by atoms with E-state index < -0.39 is 35.6 Å². The molecule has 0 fully saturated rings. The minimum atomic E-state index is -1.26. The highest BCUT2D eigenvalue weighted by Crippen LogP contribution is 2.12. The fourth-order valence-corrected chi connectivity index (χ4v) is 2.76. The Hall–Kier alpha value is -3.07. The zero-order valence-corrected chi connectivity index (χ0v) is 16.7. The third-order valence-corrected chi connectivity index (χ3v) is 4.50. The van der Waals surface area contributed by atoms with Crippen LogP contribution in [-0.4, -0.2) is 34.1 Å². The number of aromatic nitrogens is 1. The average Bonchev–Trinajstić information content (AvgIpc) is 2.73. The van der Waals surface area contributed by atoms with Crippen LogP contribution in [0.4, 0.5) is 14.6 Å².